The molecule has 0 saturated carbocycles. The lowest BCUT2D eigenvalue weighted by Crippen LogP contribution is -2.04. The summed E-state index contributed by atoms with van der Waals surface area (Å²) in [7, 11) is 1.20. The SMILES string of the molecule is CCOc1cncc(-c2ccc(C(=O)OC)c(F)c2)n1. The molecule has 1 aromatic carbocycles. The zero-order valence-corrected chi connectivity index (χ0v) is 11.1. The lowest BCUT2D eigenvalue weighted by Gasteiger charge is -2.06. The summed E-state index contributed by atoms with van der Waals surface area (Å²) in [4.78, 5) is 19.5. The normalized spacial score (nSPS) is 10.2. The summed E-state index contributed by atoms with van der Waals surface area (Å²) in [6.07, 6.45) is 2.97. The minimum atomic E-state index is -0.719. The van der Waals surface area contributed by atoms with Crippen molar-refractivity contribution in [1.82, 2.24) is 9.97 Å². The molecule has 0 amide bonds. The highest BCUT2D eigenvalue weighted by molar-refractivity contribution is 5.90. The van der Waals surface area contributed by atoms with Crippen LogP contribution in [-0.4, -0.2) is 29.7 Å². The first kappa shape index (κ1) is 13.9. The van der Waals surface area contributed by atoms with Gasteiger partial charge in [-0.15, -0.1) is 0 Å². The summed E-state index contributed by atoms with van der Waals surface area (Å²) in [5.41, 5.74) is 0.848. The van der Waals surface area contributed by atoms with Gasteiger partial charge in [-0.2, -0.15) is 0 Å². The second-order valence-corrected chi connectivity index (χ2v) is 3.86. The van der Waals surface area contributed by atoms with Gasteiger partial charge in [-0.05, 0) is 19.1 Å². The third kappa shape index (κ3) is 2.90. The first-order valence-corrected chi connectivity index (χ1v) is 5.98. The molecule has 0 aliphatic heterocycles. The fourth-order valence-corrected chi connectivity index (χ4v) is 1.65. The molecule has 0 N–H and O–H groups in total. The van der Waals surface area contributed by atoms with Crippen LogP contribution < -0.4 is 4.74 Å². The smallest absolute Gasteiger partial charge is 0.340 e. The molecule has 0 aliphatic carbocycles. The topological polar surface area (TPSA) is 61.3 Å². The monoisotopic (exact) mass is 276 g/mol. The molecule has 5 nitrogen and oxygen atoms in total. The van der Waals surface area contributed by atoms with Crippen molar-refractivity contribution >= 4 is 5.97 Å². The van der Waals surface area contributed by atoms with E-state index in [0.717, 1.165) is 0 Å². The van der Waals surface area contributed by atoms with Gasteiger partial charge in [0.25, 0.3) is 0 Å². The van der Waals surface area contributed by atoms with Crippen molar-refractivity contribution < 1.29 is 18.7 Å². The van der Waals surface area contributed by atoms with Gasteiger partial charge in [0.15, 0.2) is 0 Å². The van der Waals surface area contributed by atoms with E-state index >= 15 is 0 Å². The van der Waals surface area contributed by atoms with Crippen molar-refractivity contribution in [3.8, 4) is 17.1 Å². The Hall–Kier alpha value is -2.50. The molecule has 2 rings (SSSR count). The first-order valence-electron chi connectivity index (χ1n) is 5.98. The Labute approximate surface area is 115 Å². The summed E-state index contributed by atoms with van der Waals surface area (Å²) in [5.74, 6) is -1.02. The van der Waals surface area contributed by atoms with E-state index in [9.17, 15) is 9.18 Å². The lowest BCUT2D eigenvalue weighted by molar-refractivity contribution is 0.0595. The quantitative estimate of drug-likeness (QED) is 0.803. The second kappa shape index (κ2) is 6.10. The Balaban J connectivity index is 2.36. The number of hydrogen-bond donors (Lipinski definition) is 0. The molecule has 0 radical (unpaired) electrons. The molecule has 0 aliphatic rings. The maximum Gasteiger partial charge on any atom is 0.340 e. The standard InChI is InChI=1S/C14H13FN2O3/c1-3-20-13-8-16-7-12(17-13)9-4-5-10(11(15)6-9)14(18)19-2/h4-8H,3H2,1-2H3. The van der Waals surface area contributed by atoms with Crippen LogP contribution in [0.4, 0.5) is 4.39 Å². The average Bonchev–Trinajstić information content (AvgIpc) is 2.47. The first-order chi connectivity index (χ1) is 9.65. The molecule has 0 bridgehead atoms. The van der Waals surface area contributed by atoms with Crippen molar-refractivity contribution in [2.24, 2.45) is 0 Å². The number of hydrogen-bond acceptors (Lipinski definition) is 5. The number of carbonyl (C=O) groups excluding carboxylic acids is 1. The maximum absolute atomic E-state index is 13.8. The highest BCUT2D eigenvalue weighted by atomic mass is 19.1. The van der Waals surface area contributed by atoms with Crippen molar-refractivity contribution in [3.05, 3.63) is 42.0 Å². The number of esters is 1. The van der Waals surface area contributed by atoms with E-state index in [2.05, 4.69) is 14.7 Å². The van der Waals surface area contributed by atoms with Crippen LogP contribution in [0.15, 0.2) is 30.6 Å². The highest BCUT2D eigenvalue weighted by Crippen LogP contribution is 2.21. The van der Waals surface area contributed by atoms with Gasteiger partial charge in [-0.25, -0.2) is 14.2 Å². The molecule has 2 aromatic rings. The summed E-state index contributed by atoms with van der Waals surface area (Å²) in [5, 5.41) is 0. The number of nitrogens with zero attached hydrogens (tertiary/aromatic N) is 2. The van der Waals surface area contributed by atoms with Crippen LogP contribution in [0.25, 0.3) is 11.3 Å². The number of carbonyl (C=O) groups is 1. The Morgan fingerprint density at radius 1 is 1.35 bits per heavy atom. The number of halogens is 1. The largest absolute Gasteiger partial charge is 0.477 e. The van der Waals surface area contributed by atoms with Gasteiger partial charge in [-0.1, -0.05) is 6.07 Å². The third-order valence-electron chi connectivity index (χ3n) is 2.57. The van der Waals surface area contributed by atoms with E-state index in [1.165, 1.54) is 31.6 Å². The van der Waals surface area contributed by atoms with E-state index in [0.29, 0.717) is 23.7 Å². The van der Waals surface area contributed by atoms with Crippen molar-refractivity contribution in [2.75, 3.05) is 13.7 Å². The van der Waals surface area contributed by atoms with Gasteiger partial charge in [0.05, 0.1) is 37.4 Å². The second-order valence-electron chi connectivity index (χ2n) is 3.86. The molecule has 104 valence electrons. The van der Waals surface area contributed by atoms with Gasteiger partial charge in [0.1, 0.15) is 5.82 Å². The minimum absolute atomic E-state index is 0.120. The van der Waals surface area contributed by atoms with E-state index in [-0.39, 0.29) is 5.56 Å². The summed E-state index contributed by atoms with van der Waals surface area (Å²) >= 11 is 0. The molecular weight excluding hydrogens is 263 g/mol. The molecule has 6 heteroatoms. The van der Waals surface area contributed by atoms with Crippen molar-refractivity contribution in [1.29, 1.82) is 0 Å². The molecule has 0 unspecified atom stereocenters. The van der Waals surface area contributed by atoms with Gasteiger partial charge < -0.3 is 9.47 Å². The van der Waals surface area contributed by atoms with Crippen LogP contribution in [0.3, 0.4) is 0 Å². The zero-order valence-electron chi connectivity index (χ0n) is 11.1. The Morgan fingerprint density at radius 3 is 2.80 bits per heavy atom. The van der Waals surface area contributed by atoms with Gasteiger partial charge in [-0.3, -0.25) is 4.98 Å². The number of aromatic nitrogens is 2. The van der Waals surface area contributed by atoms with E-state index < -0.39 is 11.8 Å². The van der Waals surface area contributed by atoms with Crippen LogP contribution in [0.2, 0.25) is 0 Å². The molecule has 0 fully saturated rings. The molecule has 1 aromatic heterocycles. The highest BCUT2D eigenvalue weighted by Gasteiger charge is 2.13. The molecule has 0 spiro atoms. The number of ether oxygens (including phenoxy) is 2. The summed E-state index contributed by atoms with van der Waals surface area (Å²) < 4.78 is 23.6. The lowest BCUT2D eigenvalue weighted by atomic mass is 10.1. The Morgan fingerprint density at radius 2 is 2.15 bits per heavy atom. The van der Waals surface area contributed by atoms with Gasteiger partial charge in [0, 0.05) is 5.56 Å². The molecular formula is C14H13FN2O3. The summed E-state index contributed by atoms with van der Waals surface area (Å²) in [6.45, 7) is 2.30. The third-order valence-corrected chi connectivity index (χ3v) is 2.57. The molecule has 1 heterocycles. The predicted molar refractivity (Wildman–Crippen MR) is 69.9 cm³/mol. The minimum Gasteiger partial charge on any atom is -0.477 e. The van der Waals surface area contributed by atoms with Crippen molar-refractivity contribution in [2.45, 2.75) is 6.92 Å². The number of benzene rings is 1. The fourth-order valence-electron chi connectivity index (χ4n) is 1.65. The average molecular weight is 276 g/mol. The van der Waals surface area contributed by atoms with E-state index in [1.807, 2.05) is 6.92 Å². The summed E-state index contributed by atoms with van der Waals surface area (Å²) in [6, 6.07) is 4.15. The number of rotatable bonds is 4. The van der Waals surface area contributed by atoms with Gasteiger partial charge >= 0.3 is 5.97 Å². The molecule has 20 heavy (non-hydrogen) atoms. The van der Waals surface area contributed by atoms with Crippen LogP contribution in [-0.2, 0) is 4.74 Å². The Kier molecular flexibility index (Phi) is 4.24. The fraction of sp³-hybridized carbons (Fsp3) is 0.214. The van der Waals surface area contributed by atoms with Crippen molar-refractivity contribution in [3.63, 3.8) is 0 Å². The molecule has 0 atom stereocenters. The van der Waals surface area contributed by atoms with E-state index in [1.54, 1.807) is 6.07 Å². The van der Waals surface area contributed by atoms with Crippen LogP contribution in [0, 0.1) is 5.82 Å². The number of methoxy groups -OCH3 is 1. The Bertz CT molecular complexity index is 632. The van der Waals surface area contributed by atoms with E-state index in [4.69, 9.17) is 4.74 Å². The van der Waals surface area contributed by atoms with Crippen LogP contribution >= 0.6 is 0 Å². The predicted octanol–water partition coefficient (Wildman–Crippen LogP) is 2.47. The van der Waals surface area contributed by atoms with Crippen LogP contribution in [0.5, 0.6) is 5.88 Å². The molecule has 0 saturated heterocycles. The zero-order chi connectivity index (χ0) is 14.5. The maximum atomic E-state index is 13.8. The van der Waals surface area contributed by atoms with Gasteiger partial charge in [0.2, 0.25) is 5.88 Å². The van der Waals surface area contributed by atoms with Crippen LogP contribution in [0.1, 0.15) is 17.3 Å².